The molecule has 0 spiro atoms. The topological polar surface area (TPSA) is 100 Å². The molecule has 134 valence electrons. The molecule has 2 aromatic carbocycles. The van der Waals surface area contributed by atoms with Gasteiger partial charge in [-0.05, 0) is 41.8 Å². The first-order valence-electron chi connectivity index (χ1n) is 7.77. The largest absolute Gasteiger partial charge is 0.504 e. The second-order valence-corrected chi connectivity index (χ2v) is 5.37. The zero-order chi connectivity index (χ0) is 18.2. The van der Waals surface area contributed by atoms with E-state index in [0.717, 1.165) is 11.1 Å². The van der Waals surface area contributed by atoms with Gasteiger partial charge in [0.2, 0.25) is 0 Å². The Balaban J connectivity index is 1.78. The summed E-state index contributed by atoms with van der Waals surface area (Å²) >= 11 is 0. The monoisotopic (exact) mass is 346 g/mol. The van der Waals surface area contributed by atoms with Crippen LogP contribution in [0.1, 0.15) is 11.1 Å². The van der Waals surface area contributed by atoms with Crippen LogP contribution in [-0.4, -0.2) is 37.0 Å². The summed E-state index contributed by atoms with van der Waals surface area (Å²) < 4.78 is 10.4. The summed E-state index contributed by atoms with van der Waals surface area (Å²) in [4.78, 5) is 11.8. The van der Waals surface area contributed by atoms with Crippen LogP contribution in [0.2, 0.25) is 0 Å². The third-order valence-corrected chi connectivity index (χ3v) is 3.64. The highest BCUT2D eigenvalue weighted by molar-refractivity contribution is 5.73. The average Bonchev–Trinajstić information content (AvgIpc) is 2.62. The summed E-state index contributed by atoms with van der Waals surface area (Å²) in [5.41, 5.74) is 1.70. The minimum atomic E-state index is -0.294. The first-order valence-corrected chi connectivity index (χ1v) is 7.77. The van der Waals surface area contributed by atoms with E-state index in [1.165, 1.54) is 12.1 Å². The molecule has 4 N–H and O–H groups in total. The number of methoxy groups -OCH3 is 2. The van der Waals surface area contributed by atoms with Crippen molar-refractivity contribution in [2.45, 2.75) is 13.0 Å². The van der Waals surface area contributed by atoms with Crippen LogP contribution in [-0.2, 0) is 13.0 Å². The number of amides is 2. The molecule has 2 amide bonds. The van der Waals surface area contributed by atoms with Gasteiger partial charge in [-0.15, -0.1) is 0 Å². The quantitative estimate of drug-likeness (QED) is 0.576. The number of ether oxygens (including phenoxy) is 2. The van der Waals surface area contributed by atoms with Gasteiger partial charge in [-0.1, -0.05) is 12.1 Å². The van der Waals surface area contributed by atoms with Gasteiger partial charge < -0.3 is 30.3 Å². The average molecular weight is 346 g/mol. The predicted molar refractivity (Wildman–Crippen MR) is 93.3 cm³/mol. The van der Waals surface area contributed by atoms with Gasteiger partial charge in [-0.2, -0.15) is 0 Å². The van der Waals surface area contributed by atoms with Crippen LogP contribution in [0.4, 0.5) is 4.79 Å². The van der Waals surface area contributed by atoms with Crippen LogP contribution in [0, 0.1) is 0 Å². The Kier molecular flexibility index (Phi) is 6.33. The van der Waals surface area contributed by atoms with Gasteiger partial charge in [0.05, 0.1) is 14.2 Å². The summed E-state index contributed by atoms with van der Waals surface area (Å²) in [5, 5.41) is 24.2. The van der Waals surface area contributed by atoms with Gasteiger partial charge in [0.15, 0.2) is 23.0 Å². The van der Waals surface area contributed by atoms with Crippen LogP contribution in [0.15, 0.2) is 36.4 Å². The maximum atomic E-state index is 11.8. The summed E-state index contributed by atoms with van der Waals surface area (Å²) in [6.07, 6.45) is 0.539. The number of nitrogens with one attached hydrogen (secondary N) is 2. The van der Waals surface area contributed by atoms with Gasteiger partial charge >= 0.3 is 6.03 Å². The number of rotatable bonds is 7. The second-order valence-electron chi connectivity index (χ2n) is 5.37. The van der Waals surface area contributed by atoms with Crippen molar-refractivity contribution in [1.82, 2.24) is 10.6 Å². The Bertz CT molecular complexity index is 733. The number of benzene rings is 2. The van der Waals surface area contributed by atoms with Gasteiger partial charge in [-0.25, -0.2) is 4.79 Å². The third-order valence-electron chi connectivity index (χ3n) is 3.64. The molecule has 0 heterocycles. The van der Waals surface area contributed by atoms with Crippen molar-refractivity contribution in [2.75, 3.05) is 20.8 Å². The Labute approximate surface area is 146 Å². The van der Waals surface area contributed by atoms with Gasteiger partial charge in [0.1, 0.15) is 0 Å². The molecule has 0 saturated heterocycles. The molecule has 0 aromatic heterocycles. The molecule has 0 atom stereocenters. The molecule has 0 bridgehead atoms. The first-order chi connectivity index (χ1) is 12.0. The number of phenols is 2. The Morgan fingerprint density at radius 2 is 1.64 bits per heavy atom. The molecule has 0 unspecified atom stereocenters. The van der Waals surface area contributed by atoms with Crippen LogP contribution < -0.4 is 20.1 Å². The Hall–Kier alpha value is -3.09. The van der Waals surface area contributed by atoms with E-state index in [2.05, 4.69) is 10.6 Å². The molecule has 0 fully saturated rings. The molecule has 0 saturated carbocycles. The maximum Gasteiger partial charge on any atom is 0.315 e. The number of hydrogen-bond donors (Lipinski definition) is 4. The lowest BCUT2D eigenvalue weighted by Gasteiger charge is -2.11. The molecular formula is C18H22N2O5. The van der Waals surface area contributed by atoms with E-state index in [1.807, 2.05) is 6.07 Å². The van der Waals surface area contributed by atoms with Crippen molar-refractivity contribution in [3.63, 3.8) is 0 Å². The van der Waals surface area contributed by atoms with Crippen molar-refractivity contribution >= 4 is 6.03 Å². The van der Waals surface area contributed by atoms with Crippen molar-refractivity contribution in [3.8, 4) is 23.0 Å². The minimum Gasteiger partial charge on any atom is -0.504 e. The lowest BCUT2D eigenvalue weighted by atomic mass is 10.1. The maximum absolute atomic E-state index is 11.8. The number of aromatic hydroxyl groups is 2. The second kappa shape index (κ2) is 8.68. The van der Waals surface area contributed by atoms with Crippen molar-refractivity contribution < 1.29 is 24.5 Å². The number of carbonyl (C=O) groups excluding carboxylic acids is 1. The van der Waals surface area contributed by atoms with Gasteiger partial charge in [0.25, 0.3) is 0 Å². The van der Waals surface area contributed by atoms with Gasteiger partial charge in [-0.3, -0.25) is 0 Å². The van der Waals surface area contributed by atoms with Crippen LogP contribution in [0.5, 0.6) is 23.0 Å². The molecule has 0 aliphatic rings. The molecule has 0 radical (unpaired) electrons. The number of urea groups is 1. The van der Waals surface area contributed by atoms with Crippen LogP contribution in [0.3, 0.4) is 0 Å². The fourth-order valence-corrected chi connectivity index (χ4v) is 2.28. The molecule has 7 nitrogen and oxygen atoms in total. The van der Waals surface area contributed by atoms with E-state index >= 15 is 0 Å². The summed E-state index contributed by atoms with van der Waals surface area (Å²) in [5.74, 6) is 0.905. The lowest BCUT2D eigenvalue weighted by molar-refractivity contribution is 0.240. The first kappa shape index (κ1) is 18.3. The standard InChI is InChI=1S/C18H22N2O5/c1-24-16-6-4-13(10-17(16)25-2)11-20-18(23)19-8-7-12-3-5-14(21)15(22)9-12/h3-6,9-10,21-22H,7-8,11H2,1-2H3,(H2,19,20,23). The molecule has 0 aliphatic heterocycles. The molecular weight excluding hydrogens is 324 g/mol. The van der Waals surface area contributed by atoms with E-state index in [9.17, 15) is 15.0 Å². The fraction of sp³-hybridized carbons (Fsp3) is 0.278. The van der Waals surface area contributed by atoms with E-state index in [4.69, 9.17) is 9.47 Å². The molecule has 2 rings (SSSR count). The molecule has 2 aromatic rings. The van der Waals surface area contributed by atoms with E-state index in [-0.39, 0.29) is 17.5 Å². The molecule has 7 heteroatoms. The SMILES string of the molecule is COc1ccc(CNC(=O)NCCc2ccc(O)c(O)c2)cc1OC. The summed E-state index contributed by atoms with van der Waals surface area (Å²) in [6.45, 7) is 0.758. The van der Waals surface area contributed by atoms with E-state index in [0.29, 0.717) is 31.0 Å². The molecule has 0 aliphatic carbocycles. The summed E-state index contributed by atoms with van der Waals surface area (Å²) in [6, 6.07) is 9.72. The summed E-state index contributed by atoms with van der Waals surface area (Å²) in [7, 11) is 3.12. The van der Waals surface area contributed by atoms with Crippen LogP contribution in [0.25, 0.3) is 0 Å². The van der Waals surface area contributed by atoms with Crippen LogP contribution >= 0.6 is 0 Å². The normalized spacial score (nSPS) is 10.2. The zero-order valence-corrected chi connectivity index (χ0v) is 14.2. The third kappa shape index (κ3) is 5.20. The number of carbonyl (C=O) groups is 1. The number of hydrogen-bond acceptors (Lipinski definition) is 5. The van der Waals surface area contributed by atoms with Gasteiger partial charge in [0, 0.05) is 13.1 Å². The molecule has 25 heavy (non-hydrogen) atoms. The van der Waals surface area contributed by atoms with Crippen molar-refractivity contribution in [3.05, 3.63) is 47.5 Å². The van der Waals surface area contributed by atoms with E-state index < -0.39 is 0 Å². The smallest absolute Gasteiger partial charge is 0.315 e. The van der Waals surface area contributed by atoms with E-state index in [1.54, 1.807) is 32.4 Å². The Morgan fingerprint density at radius 3 is 2.32 bits per heavy atom. The fourth-order valence-electron chi connectivity index (χ4n) is 2.28. The lowest BCUT2D eigenvalue weighted by Crippen LogP contribution is -2.36. The highest BCUT2D eigenvalue weighted by Gasteiger charge is 2.06. The highest BCUT2D eigenvalue weighted by Crippen LogP contribution is 2.27. The van der Waals surface area contributed by atoms with Crippen molar-refractivity contribution in [2.24, 2.45) is 0 Å². The number of phenolic OH excluding ortho intramolecular Hbond substituents is 2. The highest BCUT2D eigenvalue weighted by atomic mass is 16.5. The Morgan fingerprint density at radius 1 is 0.920 bits per heavy atom. The predicted octanol–water partition coefficient (Wildman–Crippen LogP) is 2.16. The van der Waals surface area contributed by atoms with Crippen molar-refractivity contribution in [1.29, 1.82) is 0 Å². The minimum absolute atomic E-state index is 0.163. The zero-order valence-electron chi connectivity index (χ0n) is 14.2.